The number of hydrogen-bond donors (Lipinski definition) is 2. The van der Waals surface area contributed by atoms with Crippen molar-refractivity contribution in [3.8, 4) is 11.5 Å². The summed E-state index contributed by atoms with van der Waals surface area (Å²) in [6.45, 7) is 5.50. The molecule has 1 aliphatic heterocycles. The van der Waals surface area contributed by atoms with E-state index in [1.807, 2.05) is 19.1 Å². The van der Waals surface area contributed by atoms with Crippen molar-refractivity contribution in [2.75, 3.05) is 39.5 Å². The minimum absolute atomic E-state index is 0.0949. The molecular weight excluding hydrogens is 259 g/mol. The Kier molecular flexibility index (Phi) is 5.61. The van der Waals surface area contributed by atoms with Gasteiger partial charge in [-0.15, -0.1) is 0 Å². The fourth-order valence-electron chi connectivity index (χ4n) is 2.71. The SMILES string of the molecule is CCOc1cccc([C@@H](CCF)N2CCNCC2)c1O. The summed E-state index contributed by atoms with van der Waals surface area (Å²) in [4.78, 5) is 2.22. The first-order valence-electron chi connectivity index (χ1n) is 7.23. The monoisotopic (exact) mass is 282 g/mol. The van der Waals surface area contributed by atoms with Gasteiger partial charge >= 0.3 is 0 Å². The topological polar surface area (TPSA) is 44.7 Å². The quantitative estimate of drug-likeness (QED) is 0.838. The van der Waals surface area contributed by atoms with Crippen LogP contribution in [-0.2, 0) is 0 Å². The first kappa shape index (κ1) is 15.1. The number of halogens is 1. The highest BCUT2D eigenvalue weighted by atomic mass is 19.1. The average molecular weight is 282 g/mol. The van der Waals surface area contributed by atoms with Gasteiger partial charge < -0.3 is 15.2 Å². The zero-order valence-corrected chi connectivity index (χ0v) is 11.9. The Balaban J connectivity index is 2.25. The predicted octanol–water partition coefficient (Wildman–Crippen LogP) is 2.10. The minimum Gasteiger partial charge on any atom is -0.504 e. The lowest BCUT2D eigenvalue weighted by Crippen LogP contribution is -2.45. The highest BCUT2D eigenvalue weighted by molar-refractivity contribution is 5.47. The Labute approximate surface area is 119 Å². The van der Waals surface area contributed by atoms with Crippen LogP contribution in [0, 0.1) is 0 Å². The number of phenolic OH excluding ortho intramolecular Hbond substituents is 1. The lowest BCUT2D eigenvalue weighted by Gasteiger charge is -2.35. The van der Waals surface area contributed by atoms with Crippen LogP contribution in [0.2, 0.25) is 0 Å². The molecule has 2 N–H and O–H groups in total. The van der Waals surface area contributed by atoms with Crippen molar-refractivity contribution < 1.29 is 14.2 Å². The number of nitrogens with zero attached hydrogens (tertiary/aromatic N) is 1. The third kappa shape index (κ3) is 3.41. The second-order valence-electron chi connectivity index (χ2n) is 4.91. The highest BCUT2D eigenvalue weighted by Gasteiger charge is 2.25. The molecule has 0 spiro atoms. The molecule has 0 unspecified atom stereocenters. The molecule has 0 aromatic heterocycles. The van der Waals surface area contributed by atoms with Gasteiger partial charge in [-0.25, -0.2) is 0 Å². The van der Waals surface area contributed by atoms with E-state index in [0.717, 1.165) is 31.7 Å². The van der Waals surface area contributed by atoms with Gasteiger partial charge in [-0.2, -0.15) is 0 Å². The van der Waals surface area contributed by atoms with Gasteiger partial charge in [0.15, 0.2) is 11.5 Å². The lowest BCUT2D eigenvalue weighted by molar-refractivity contribution is 0.154. The molecule has 1 aromatic rings. The van der Waals surface area contributed by atoms with E-state index in [2.05, 4.69) is 10.2 Å². The second kappa shape index (κ2) is 7.45. The lowest BCUT2D eigenvalue weighted by atomic mass is 10.00. The van der Waals surface area contributed by atoms with Gasteiger partial charge in [-0.3, -0.25) is 9.29 Å². The fraction of sp³-hybridized carbons (Fsp3) is 0.600. The molecule has 0 bridgehead atoms. The van der Waals surface area contributed by atoms with Crippen LogP contribution in [-0.4, -0.2) is 49.5 Å². The number of para-hydroxylation sites is 1. The smallest absolute Gasteiger partial charge is 0.162 e. The molecule has 1 aromatic carbocycles. The Hall–Kier alpha value is -1.33. The number of phenols is 1. The van der Waals surface area contributed by atoms with E-state index in [0.29, 0.717) is 18.8 Å². The molecule has 0 radical (unpaired) electrons. The Morgan fingerprint density at radius 1 is 1.40 bits per heavy atom. The van der Waals surface area contributed by atoms with Crippen LogP contribution in [0.4, 0.5) is 4.39 Å². The number of piperazine rings is 1. The standard InChI is InChI=1S/C15H23FN2O2/c1-2-20-14-5-3-4-12(15(14)19)13(6-7-16)18-10-8-17-9-11-18/h3-5,13,17,19H,2,6-11H2,1H3/t13-/m1/s1. The number of ether oxygens (including phenoxy) is 1. The van der Waals surface area contributed by atoms with Gasteiger partial charge in [0.2, 0.25) is 0 Å². The summed E-state index contributed by atoms with van der Waals surface area (Å²) < 4.78 is 18.3. The van der Waals surface area contributed by atoms with Crippen LogP contribution in [0.15, 0.2) is 18.2 Å². The maximum absolute atomic E-state index is 12.9. The van der Waals surface area contributed by atoms with Crippen molar-refractivity contribution in [1.29, 1.82) is 0 Å². The van der Waals surface area contributed by atoms with Crippen LogP contribution < -0.4 is 10.1 Å². The molecule has 1 saturated heterocycles. The van der Waals surface area contributed by atoms with Crippen molar-refractivity contribution in [1.82, 2.24) is 10.2 Å². The van der Waals surface area contributed by atoms with Gasteiger partial charge in [0, 0.05) is 37.8 Å². The minimum atomic E-state index is -0.396. The molecule has 0 saturated carbocycles. The molecule has 0 amide bonds. The highest BCUT2D eigenvalue weighted by Crippen LogP contribution is 2.37. The van der Waals surface area contributed by atoms with Gasteiger partial charge in [0.25, 0.3) is 0 Å². The summed E-state index contributed by atoms with van der Waals surface area (Å²) in [7, 11) is 0. The van der Waals surface area contributed by atoms with Crippen molar-refractivity contribution in [2.45, 2.75) is 19.4 Å². The third-order valence-corrected chi connectivity index (χ3v) is 3.66. The van der Waals surface area contributed by atoms with Crippen LogP contribution in [0.5, 0.6) is 11.5 Å². The van der Waals surface area contributed by atoms with Crippen LogP contribution in [0.3, 0.4) is 0 Å². The Morgan fingerprint density at radius 2 is 2.15 bits per heavy atom. The molecular formula is C15H23FN2O2. The van der Waals surface area contributed by atoms with Crippen molar-refractivity contribution in [3.63, 3.8) is 0 Å². The second-order valence-corrected chi connectivity index (χ2v) is 4.91. The van der Waals surface area contributed by atoms with E-state index in [9.17, 15) is 9.50 Å². The van der Waals surface area contributed by atoms with Crippen molar-refractivity contribution >= 4 is 0 Å². The van der Waals surface area contributed by atoms with Crippen LogP contribution in [0.1, 0.15) is 24.9 Å². The van der Waals surface area contributed by atoms with E-state index in [1.165, 1.54) is 0 Å². The molecule has 2 rings (SSSR count). The number of benzene rings is 1. The summed E-state index contributed by atoms with van der Waals surface area (Å²) in [5, 5.41) is 13.6. The molecule has 20 heavy (non-hydrogen) atoms. The van der Waals surface area contributed by atoms with E-state index < -0.39 is 6.67 Å². The summed E-state index contributed by atoms with van der Waals surface area (Å²) in [6.07, 6.45) is 0.392. The first-order valence-corrected chi connectivity index (χ1v) is 7.23. The van der Waals surface area contributed by atoms with Gasteiger partial charge in [-0.1, -0.05) is 12.1 Å². The first-order chi connectivity index (χ1) is 9.77. The number of rotatable bonds is 6. The van der Waals surface area contributed by atoms with Gasteiger partial charge in [-0.05, 0) is 19.4 Å². The summed E-state index contributed by atoms with van der Waals surface area (Å²) in [5.41, 5.74) is 0.760. The van der Waals surface area contributed by atoms with E-state index in [4.69, 9.17) is 4.74 Å². The third-order valence-electron chi connectivity index (χ3n) is 3.66. The molecule has 1 atom stereocenters. The van der Waals surface area contributed by atoms with Crippen LogP contribution in [0.25, 0.3) is 0 Å². The molecule has 1 heterocycles. The maximum atomic E-state index is 12.9. The normalized spacial score (nSPS) is 17.9. The zero-order valence-electron chi connectivity index (χ0n) is 11.9. The Bertz CT molecular complexity index is 422. The Morgan fingerprint density at radius 3 is 2.80 bits per heavy atom. The van der Waals surface area contributed by atoms with Crippen molar-refractivity contribution in [2.24, 2.45) is 0 Å². The fourth-order valence-corrected chi connectivity index (χ4v) is 2.71. The molecule has 0 aliphatic carbocycles. The number of hydrogen-bond acceptors (Lipinski definition) is 4. The number of aromatic hydroxyl groups is 1. The van der Waals surface area contributed by atoms with Gasteiger partial charge in [0.1, 0.15) is 0 Å². The van der Waals surface area contributed by atoms with E-state index in [1.54, 1.807) is 6.07 Å². The zero-order chi connectivity index (χ0) is 14.4. The average Bonchev–Trinajstić information content (AvgIpc) is 2.49. The molecule has 1 aliphatic rings. The molecule has 4 nitrogen and oxygen atoms in total. The maximum Gasteiger partial charge on any atom is 0.162 e. The largest absolute Gasteiger partial charge is 0.504 e. The van der Waals surface area contributed by atoms with Crippen LogP contribution >= 0.6 is 0 Å². The predicted molar refractivity (Wildman–Crippen MR) is 77.1 cm³/mol. The number of alkyl halides is 1. The number of nitrogens with one attached hydrogen (secondary N) is 1. The van der Waals surface area contributed by atoms with E-state index >= 15 is 0 Å². The summed E-state index contributed by atoms with van der Waals surface area (Å²) >= 11 is 0. The van der Waals surface area contributed by atoms with Crippen molar-refractivity contribution in [3.05, 3.63) is 23.8 Å². The van der Waals surface area contributed by atoms with Gasteiger partial charge in [0.05, 0.1) is 13.3 Å². The molecule has 112 valence electrons. The summed E-state index contributed by atoms with van der Waals surface area (Å²) in [6, 6.07) is 5.36. The molecule has 5 heteroatoms. The summed E-state index contributed by atoms with van der Waals surface area (Å²) in [5.74, 6) is 0.621. The molecule has 1 fully saturated rings. The van der Waals surface area contributed by atoms with E-state index in [-0.39, 0.29) is 11.8 Å².